The molecule has 2 aromatic heterocycles. The molecule has 0 radical (unpaired) electrons. The SMILES string of the molecule is C=CCn1c(CNc2ccc(I)cc2)nnc1SCC(=O)N/N=C/c1ccncc1. The number of hydrazone groups is 1. The molecule has 3 aromatic rings. The summed E-state index contributed by atoms with van der Waals surface area (Å²) in [5.41, 5.74) is 4.37. The first-order chi connectivity index (χ1) is 14.7. The minimum absolute atomic E-state index is 0.174. The van der Waals surface area contributed by atoms with Gasteiger partial charge in [0.25, 0.3) is 5.91 Å². The largest absolute Gasteiger partial charge is 0.378 e. The van der Waals surface area contributed by atoms with Crippen molar-refractivity contribution in [3.63, 3.8) is 0 Å². The van der Waals surface area contributed by atoms with Crippen molar-refractivity contribution in [3.05, 3.63) is 76.4 Å². The van der Waals surface area contributed by atoms with Gasteiger partial charge in [0.15, 0.2) is 11.0 Å². The second kappa shape index (κ2) is 11.5. The van der Waals surface area contributed by atoms with Gasteiger partial charge < -0.3 is 9.88 Å². The lowest BCUT2D eigenvalue weighted by Crippen LogP contribution is -2.20. The molecule has 10 heteroatoms. The van der Waals surface area contributed by atoms with E-state index in [4.69, 9.17) is 0 Å². The highest BCUT2D eigenvalue weighted by atomic mass is 127. The highest BCUT2D eigenvalue weighted by Crippen LogP contribution is 2.18. The lowest BCUT2D eigenvalue weighted by molar-refractivity contribution is -0.118. The second-order valence-corrected chi connectivity index (χ2v) is 8.21. The third kappa shape index (κ3) is 6.66. The van der Waals surface area contributed by atoms with Crippen molar-refractivity contribution in [1.29, 1.82) is 0 Å². The molecule has 1 amide bonds. The van der Waals surface area contributed by atoms with E-state index in [-0.39, 0.29) is 11.7 Å². The lowest BCUT2D eigenvalue weighted by atomic mass is 10.3. The molecule has 0 spiro atoms. The van der Waals surface area contributed by atoms with Crippen molar-refractivity contribution in [2.75, 3.05) is 11.1 Å². The lowest BCUT2D eigenvalue weighted by Gasteiger charge is -2.09. The first-order valence-electron chi connectivity index (χ1n) is 9.03. The number of anilines is 1. The molecule has 154 valence electrons. The van der Waals surface area contributed by atoms with Crippen LogP contribution in [0.1, 0.15) is 11.4 Å². The summed E-state index contributed by atoms with van der Waals surface area (Å²) in [6.07, 6.45) is 6.67. The maximum Gasteiger partial charge on any atom is 0.250 e. The van der Waals surface area contributed by atoms with Crippen LogP contribution < -0.4 is 10.7 Å². The molecule has 3 rings (SSSR count). The van der Waals surface area contributed by atoms with Gasteiger partial charge in [-0.25, -0.2) is 5.43 Å². The highest BCUT2D eigenvalue weighted by Gasteiger charge is 2.13. The van der Waals surface area contributed by atoms with Crippen LogP contribution in [0, 0.1) is 3.57 Å². The Bertz CT molecular complexity index is 1010. The Hall–Kier alpha value is -2.73. The molecule has 0 saturated carbocycles. The number of nitrogens with zero attached hydrogens (tertiary/aromatic N) is 5. The Morgan fingerprint density at radius 3 is 2.70 bits per heavy atom. The van der Waals surface area contributed by atoms with Crippen LogP contribution in [0.3, 0.4) is 0 Å². The van der Waals surface area contributed by atoms with Gasteiger partial charge in [0.2, 0.25) is 0 Å². The zero-order valence-electron chi connectivity index (χ0n) is 16.0. The van der Waals surface area contributed by atoms with Crippen LogP contribution in [0.2, 0.25) is 0 Å². The van der Waals surface area contributed by atoms with Crippen molar-refractivity contribution >= 4 is 52.2 Å². The number of thioether (sulfide) groups is 1. The predicted octanol–water partition coefficient (Wildman–Crippen LogP) is 3.32. The molecule has 0 aliphatic heterocycles. The maximum atomic E-state index is 12.1. The summed E-state index contributed by atoms with van der Waals surface area (Å²) in [5.74, 6) is 0.720. The average Bonchev–Trinajstić information content (AvgIpc) is 3.14. The first kappa shape index (κ1) is 22.0. The number of nitrogens with one attached hydrogen (secondary N) is 2. The number of aromatic nitrogens is 4. The van der Waals surface area contributed by atoms with Crippen molar-refractivity contribution in [2.24, 2.45) is 5.10 Å². The fraction of sp³-hybridized carbons (Fsp3) is 0.150. The summed E-state index contributed by atoms with van der Waals surface area (Å²) < 4.78 is 3.11. The molecule has 0 saturated heterocycles. The van der Waals surface area contributed by atoms with Crippen LogP contribution >= 0.6 is 34.4 Å². The zero-order valence-corrected chi connectivity index (χ0v) is 19.0. The molecule has 0 bridgehead atoms. The van der Waals surface area contributed by atoms with Gasteiger partial charge >= 0.3 is 0 Å². The molecule has 30 heavy (non-hydrogen) atoms. The van der Waals surface area contributed by atoms with Crippen molar-refractivity contribution < 1.29 is 4.79 Å². The molecule has 2 N–H and O–H groups in total. The molecule has 8 nitrogen and oxygen atoms in total. The number of hydrogen-bond acceptors (Lipinski definition) is 7. The summed E-state index contributed by atoms with van der Waals surface area (Å²) in [6, 6.07) is 11.7. The topological polar surface area (TPSA) is 97.1 Å². The minimum atomic E-state index is -0.225. The van der Waals surface area contributed by atoms with Crippen LogP contribution in [0.25, 0.3) is 0 Å². The fourth-order valence-electron chi connectivity index (χ4n) is 2.41. The number of hydrogen-bond donors (Lipinski definition) is 2. The zero-order chi connectivity index (χ0) is 21.2. The standard InChI is InChI=1S/C20H20IN7OS/c1-2-11-28-18(13-23-17-5-3-16(21)4-6-17)25-27-20(28)30-14-19(29)26-24-12-15-7-9-22-10-8-15/h2-10,12,23H,1,11,13-14H2,(H,26,29)/b24-12+. The van der Waals surface area contributed by atoms with E-state index in [9.17, 15) is 4.79 Å². The third-order valence-corrected chi connectivity index (χ3v) is 5.53. The quantitative estimate of drug-likeness (QED) is 0.137. The van der Waals surface area contributed by atoms with E-state index in [1.807, 2.05) is 28.8 Å². The monoisotopic (exact) mass is 533 g/mol. The molecule has 1 aromatic carbocycles. The number of carbonyl (C=O) groups is 1. The second-order valence-electron chi connectivity index (χ2n) is 6.02. The summed E-state index contributed by atoms with van der Waals surface area (Å²) in [4.78, 5) is 16.0. The summed E-state index contributed by atoms with van der Waals surface area (Å²) >= 11 is 3.57. The van der Waals surface area contributed by atoms with E-state index < -0.39 is 0 Å². The number of carbonyl (C=O) groups excluding carboxylic acids is 1. The average molecular weight is 533 g/mol. The molecule has 0 atom stereocenters. The van der Waals surface area contributed by atoms with Gasteiger partial charge in [0.05, 0.1) is 18.5 Å². The van der Waals surface area contributed by atoms with Gasteiger partial charge in [0.1, 0.15) is 0 Å². The van der Waals surface area contributed by atoms with Gasteiger partial charge in [-0.2, -0.15) is 5.10 Å². The van der Waals surface area contributed by atoms with E-state index in [0.717, 1.165) is 17.1 Å². The van der Waals surface area contributed by atoms with E-state index in [1.54, 1.807) is 36.8 Å². The van der Waals surface area contributed by atoms with E-state index in [1.165, 1.54) is 15.3 Å². The van der Waals surface area contributed by atoms with Gasteiger partial charge in [-0.05, 0) is 64.6 Å². The summed E-state index contributed by atoms with van der Waals surface area (Å²) in [5, 5.41) is 16.4. The number of amides is 1. The van der Waals surface area contributed by atoms with Crippen LogP contribution in [-0.4, -0.2) is 37.6 Å². The Balaban J connectivity index is 1.54. The maximum absolute atomic E-state index is 12.1. The van der Waals surface area contributed by atoms with Crippen molar-refractivity contribution in [1.82, 2.24) is 25.2 Å². The molecule has 2 heterocycles. The number of halogens is 1. The molecule has 0 aliphatic rings. The number of allylic oxidation sites excluding steroid dienone is 1. The molecular weight excluding hydrogens is 513 g/mol. The van der Waals surface area contributed by atoms with Crippen LogP contribution in [-0.2, 0) is 17.9 Å². The summed E-state index contributed by atoms with van der Waals surface area (Å²) in [6.45, 7) is 4.88. The van der Waals surface area contributed by atoms with Crippen LogP contribution in [0.5, 0.6) is 0 Å². The Kier molecular flexibility index (Phi) is 8.39. The fourth-order valence-corrected chi connectivity index (χ4v) is 3.53. The molecular formula is C20H20IN7OS. The van der Waals surface area contributed by atoms with Gasteiger partial charge in [-0.3, -0.25) is 9.78 Å². The van der Waals surface area contributed by atoms with Crippen LogP contribution in [0.15, 0.2) is 71.7 Å². The predicted molar refractivity (Wildman–Crippen MR) is 127 cm³/mol. The third-order valence-electron chi connectivity index (χ3n) is 3.84. The Labute approximate surface area is 192 Å². The van der Waals surface area contributed by atoms with E-state index in [2.05, 4.69) is 60.2 Å². The van der Waals surface area contributed by atoms with Crippen molar-refractivity contribution in [2.45, 2.75) is 18.2 Å². The van der Waals surface area contributed by atoms with Gasteiger partial charge in [-0.15, -0.1) is 16.8 Å². The van der Waals surface area contributed by atoms with Crippen LogP contribution in [0.4, 0.5) is 5.69 Å². The number of pyridine rings is 1. The number of rotatable bonds is 10. The molecule has 0 aliphatic carbocycles. The Morgan fingerprint density at radius 1 is 1.20 bits per heavy atom. The van der Waals surface area contributed by atoms with Gasteiger partial charge in [-0.1, -0.05) is 17.8 Å². The minimum Gasteiger partial charge on any atom is -0.378 e. The van der Waals surface area contributed by atoms with Gasteiger partial charge in [0, 0.05) is 28.2 Å². The smallest absolute Gasteiger partial charge is 0.250 e. The summed E-state index contributed by atoms with van der Waals surface area (Å²) in [7, 11) is 0. The normalized spacial score (nSPS) is 10.8. The van der Waals surface area contributed by atoms with Crippen molar-refractivity contribution in [3.8, 4) is 0 Å². The first-order valence-corrected chi connectivity index (χ1v) is 11.1. The van der Waals surface area contributed by atoms with E-state index in [0.29, 0.717) is 18.2 Å². The Morgan fingerprint density at radius 2 is 1.97 bits per heavy atom. The van der Waals surface area contributed by atoms with E-state index >= 15 is 0 Å². The number of benzene rings is 1. The highest BCUT2D eigenvalue weighted by molar-refractivity contribution is 14.1. The molecule has 0 unspecified atom stereocenters. The molecule has 0 fully saturated rings.